The first-order valence-corrected chi connectivity index (χ1v) is 8.38. The molecular weight excluding hydrogens is 315 g/mol. The molecule has 25 heavy (non-hydrogen) atoms. The Balaban J connectivity index is 1.54. The van der Waals surface area contributed by atoms with E-state index in [0.717, 1.165) is 23.6 Å². The normalized spacial score (nSPS) is 15.9. The highest BCUT2D eigenvalue weighted by molar-refractivity contribution is 5.69. The Kier molecular flexibility index (Phi) is 4.06. The maximum absolute atomic E-state index is 13.0. The number of fused-ring (bicyclic) bond motifs is 1. The lowest BCUT2D eigenvalue weighted by Gasteiger charge is -2.24. The molecule has 5 heteroatoms. The SMILES string of the molecule is CC1Cc2ccccc2N1c1cc(NCc2ccc(F)cc2)ncn1. The van der Waals surface area contributed by atoms with E-state index < -0.39 is 0 Å². The summed E-state index contributed by atoms with van der Waals surface area (Å²) in [5.41, 5.74) is 3.55. The van der Waals surface area contributed by atoms with Crippen molar-refractivity contribution in [3.63, 3.8) is 0 Å². The molecule has 0 saturated carbocycles. The van der Waals surface area contributed by atoms with Crippen LogP contribution in [-0.2, 0) is 13.0 Å². The van der Waals surface area contributed by atoms with Crippen molar-refractivity contribution in [2.75, 3.05) is 10.2 Å². The van der Waals surface area contributed by atoms with Gasteiger partial charge in [0.25, 0.3) is 0 Å². The zero-order chi connectivity index (χ0) is 17.2. The second kappa shape index (κ2) is 6.51. The van der Waals surface area contributed by atoms with Gasteiger partial charge in [-0.05, 0) is 42.7 Å². The van der Waals surface area contributed by atoms with Crippen molar-refractivity contribution in [2.45, 2.75) is 25.9 Å². The molecule has 1 N–H and O–H groups in total. The van der Waals surface area contributed by atoms with E-state index in [9.17, 15) is 4.39 Å². The van der Waals surface area contributed by atoms with E-state index in [0.29, 0.717) is 12.6 Å². The first-order valence-electron chi connectivity index (χ1n) is 8.38. The third-order valence-electron chi connectivity index (χ3n) is 4.49. The maximum atomic E-state index is 13.0. The number of hydrogen-bond donors (Lipinski definition) is 1. The van der Waals surface area contributed by atoms with Crippen LogP contribution >= 0.6 is 0 Å². The Morgan fingerprint density at radius 2 is 1.92 bits per heavy atom. The molecule has 1 unspecified atom stereocenters. The van der Waals surface area contributed by atoms with E-state index in [-0.39, 0.29) is 5.82 Å². The number of nitrogens with one attached hydrogen (secondary N) is 1. The molecule has 1 atom stereocenters. The number of aromatic nitrogens is 2. The molecule has 1 aliphatic rings. The summed E-state index contributed by atoms with van der Waals surface area (Å²) < 4.78 is 13.0. The van der Waals surface area contributed by atoms with Gasteiger partial charge in [0.15, 0.2) is 0 Å². The minimum Gasteiger partial charge on any atom is -0.366 e. The van der Waals surface area contributed by atoms with Crippen LogP contribution < -0.4 is 10.2 Å². The van der Waals surface area contributed by atoms with Crippen molar-refractivity contribution >= 4 is 17.3 Å². The number of hydrogen-bond acceptors (Lipinski definition) is 4. The minimum atomic E-state index is -0.227. The second-order valence-electron chi connectivity index (χ2n) is 6.29. The fourth-order valence-electron chi connectivity index (χ4n) is 3.28. The Morgan fingerprint density at radius 1 is 1.12 bits per heavy atom. The topological polar surface area (TPSA) is 41.0 Å². The Hall–Kier alpha value is -2.95. The molecule has 2 aromatic carbocycles. The number of para-hydroxylation sites is 1. The van der Waals surface area contributed by atoms with Crippen LogP contribution in [0.1, 0.15) is 18.1 Å². The van der Waals surface area contributed by atoms with Gasteiger partial charge >= 0.3 is 0 Å². The highest BCUT2D eigenvalue weighted by Crippen LogP contribution is 2.37. The predicted molar refractivity (Wildman–Crippen MR) is 97.5 cm³/mol. The molecule has 0 fully saturated rings. The van der Waals surface area contributed by atoms with Crippen molar-refractivity contribution in [2.24, 2.45) is 0 Å². The monoisotopic (exact) mass is 334 g/mol. The molecule has 126 valence electrons. The van der Waals surface area contributed by atoms with Crippen LogP contribution in [0.3, 0.4) is 0 Å². The summed E-state index contributed by atoms with van der Waals surface area (Å²) in [6, 6.07) is 17.2. The Morgan fingerprint density at radius 3 is 2.76 bits per heavy atom. The van der Waals surface area contributed by atoms with Crippen LogP contribution in [0.25, 0.3) is 0 Å². The summed E-state index contributed by atoms with van der Waals surface area (Å²) in [5, 5.41) is 3.28. The zero-order valence-electron chi connectivity index (χ0n) is 14.0. The highest BCUT2D eigenvalue weighted by Gasteiger charge is 2.27. The van der Waals surface area contributed by atoms with Gasteiger partial charge in [0.05, 0.1) is 0 Å². The van der Waals surface area contributed by atoms with Gasteiger partial charge in [0.1, 0.15) is 23.8 Å². The number of anilines is 3. The maximum Gasteiger partial charge on any atom is 0.138 e. The highest BCUT2D eigenvalue weighted by atomic mass is 19.1. The van der Waals surface area contributed by atoms with Crippen LogP contribution in [0.5, 0.6) is 0 Å². The first kappa shape index (κ1) is 15.6. The predicted octanol–water partition coefficient (Wildman–Crippen LogP) is 4.31. The van der Waals surface area contributed by atoms with Crippen LogP contribution in [0.15, 0.2) is 60.9 Å². The van der Waals surface area contributed by atoms with E-state index in [1.165, 1.54) is 23.4 Å². The Labute approximate surface area is 146 Å². The number of halogens is 1. The van der Waals surface area contributed by atoms with Crippen molar-refractivity contribution in [1.82, 2.24) is 9.97 Å². The number of rotatable bonds is 4. The van der Waals surface area contributed by atoms with Gasteiger partial charge in [-0.15, -0.1) is 0 Å². The third-order valence-corrected chi connectivity index (χ3v) is 4.49. The molecule has 4 rings (SSSR count). The quantitative estimate of drug-likeness (QED) is 0.772. The first-order chi connectivity index (χ1) is 12.2. The molecule has 1 aliphatic heterocycles. The fraction of sp³-hybridized carbons (Fsp3) is 0.200. The van der Waals surface area contributed by atoms with Gasteiger partial charge in [-0.25, -0.2) is 14.4 Å². The van der Waals surface area contributed by atoms with Gasteiger partial charge in [-0.2, -0.15) is 0 Å². The number of nitrogens with zero attached hydrogens (tertiary/aromatic N) is 3. The molecule has 4 nitrogen and oxygen atoms in total. The van der Waals surface area contributed by atoms with Crippen LogP contribution in [0.4, 0.5) is 21.7 Å². The van der Waals surface area contributed by atoms with Crippen molar-refractivity contribution < 1.29 is 4.39 Å². The van der Waals surface area contributed by atoms with Crippen molar-refractivity contribution in [1.29, 1.82) is 0 Å². The Bertz CT molecular complexity index is 879. The molecule has 0 aliphatic carbocycles. The molecule has 0 saturated heterocycles. The van der Waals surface area contributed by atoms with Gasteiger partial charge < -0.3 is 10.2 Å². The van der Waals surface area contributed by atoms with Gasteiger partial charge in [-0.1, -0.05) is 30.3 Å². The van der Waals surface area contributed by atoms with Crippen molar-refractivity contribution in [3.8, 4) is 0 Å². The lowest BCUT2D eigenvalue weighted by Crippen LogP contribution is -2.25. The van der Waals surface area contributed by atoms with E-state index in [2.05, 4.69) is 51.4 Å². The molecule has 0 bridgehead atoms. The summed E-state index contributed by atoms with van der Waals surface area (Å²) in [5.74, 6) is 1.41. The molecule has 0 radical (unpaired) electrons. The number of benzene rings is 2. The minimum absolute atomic E-state index is 0.227. The van der Waals surface area contributed by atoms with E-state index in [1.807, 2.05) is 6.07 Å². The second-order valence-corrected chi connectivity index (χ2v) is 6.29. The summed E-state index contributed by atoms with van der Waals surface area (Å²) in [6.07, 6.45) is 2.59. The fourth-order valence-corrected chi connectivity index (χ4v) is 3.28. The van der Waals surface area contributed by atoms with Crippen LogP contribution in [0.2, 0.25) is 0 Å². The third kappa shape index (κ3) is 3.18. The van der Waals surface area contributed by atoms with Crippen LogP contribution in [0, 0.1) is 5.82 Å². The molecule has 0 spiro atoms. The van der Waals surface area contributed by atoms with Gasteiger partial charge in [0.2, 0.25) is 0 Å². The van der Waals surface area contributed by atoms with E-state index in [4.69, 9.17) is 0 Å². The lowest BCUT2D eigenvalue weighted by molar-refractivity contribution is 0.627. The largest absolute Gasteiger partial charge is 0.366 e. The van der Waals surface area contributed by atoms with Gasteiger partial charge in [-0.3, -0.25) is 0 Å². The standard InChI is InChI=1S/C20H19FN4/c1-14-10-16-4-2-3-5-18(16)25(14)20-11-19(23-13-24-20)22-12-15-6-8-17(21)9-7-15/h2-9,11,13-14H,10,12H2,1H3,(H,22,23,24). The molecule has 3 aromatic rings. The van der Waals surface area contributed by atoms with Crippen molar-refractivity contribution in [3.05, 3.63) is 77.9 Å². The lowest BCUT2D eigenvalue weighted by atomic mass is 10.1. The molecule has 2 heterocycles. The smallest absolute Gasteiger partial charge is 0.138 e. The average molecular weight is 334 g/mol. The summed E-state index contributed by atoms with van der Waals surface area (Å²) in [7, 11) is 0. The van der Waals surface area contributed by atoms with E-state index in [1.54, 1.807) is 18.5 Å². The van der Waals surface area contributed by atoms with Gasteiger partial charge in [0, 0.05) is 24.3 Å². The molecular formula is C20H19FN4. The molecule has 0 amide bonds. The summed E-state index contributed by atoms with van der Waals surface area (Å²) in [6.45, 7) is 2.79. The summed E-state index contributed by atoms with van der Waals surface area (Å²) >= 11 is 0. The van der Waals surface area contributed by atoms with Crippen LogP contribution in [-0.4, -0.2) is 16.0 Å². The molecule has 1 aromatic heterocycles. The summed E-state index contributed by atoms with van der Waals surface area (Å²) in [4.78, 5) is 11.0. The average Bonchev–Trinajstić information content (AvgIpc) is 2.97. The van der Waals surface area contributed by atoms with E-state index >= 15 is 0 Å². The zero-order valence-corrected chi connectivity index (χ0v) is 14.0.